The maximum atomic E-state index is 12.3. The Morgan fingerprint density at radius 3 is 2.62 bits per heavy atom. The van der Waals surface area contributed by atoms with Crippen molar-refractivity contribution in [1.82, 2.24) is 9.80 Å². The van der Waals surface area contributed by atoms with Crippen LogP contribution in [0.5, 0.6) is 5.75 Å². The van der Waals surface area contributed by atoms with Gasteiger partial charge in [-0.25, -0.2) is 4.79 Å². The van der Waals surface area contributed by atoms with Crippen LogP contribution in [0.25, 0.3) is 0 Å². The van der Waals surface area contributed by atoms with Gasteiger partial charge in [0.2, 0.25) is 0 Å². The van der Waals surface area contributed by atoms with E-state index in [2.05, 4.69) is 33.8 Å². The lowest BCUT2D eigenvalue weighted by Crippen LogP contribution is -2.54. The predicted molar refractivity (Wildman–Crippen MR) is 98.4 cm³/mol. The topological polar surface area (TPSA) is 42.0 Å². The van der Waals surface area contributed by atoms with Gasteiger partial charge in [-0.1, -0.05) is 22.0 Å². The second kappa shape index (κ2) is 7.74. The molecule has 6 heteroatoms. The van der Waals surface area contributed by atoms with Gasteiger partial charge in [0.1, 0.15) is 11.4 Å². The van der Waals surface area contributed by atoms with E-state index in [9.17, 15) is 4.79 Å². The van der Waals surface area contributed by atoms with Gasteiger partial charge in [0.25, 0.3) is 0 Å². The highest BCUT2D eigenvalue weighted by molar-refractivity contribution is 9.10. The highest BCUT2D eigenvalue weighted by atomic mass is 79.9. The zero-order valence-electron chi connectivity index (χ0n) is 15.1. The summed E-state index contributed by atoms with van der Waals surface area (Å²) in [5.41, 5.74) is 0.692. The van der Waals surface area contributed by atoms with Crippen molar-refractivity contribution in [2.45, 2.75) is 45.9 Å². The second-order valence-electron chi connectivity index (χ2n) is 7.21. The molecule has 0 saturated carbocycles. The van der Waals surface area contributed by atoms with Crippen molar-refractivity contribution in [3.05, 3.63) is 28.2 Å². The summed E-state index contributed by atoms with van der Waals surface area (Å²) in [6.45, 7) is 10.9. The van der Waals surface area contributed by atoms with Crippen molar-refractivity contribution in [3.8, 4) is 5.75 Å². The Bertz CT molecular complexity index is 586. The monoisotopic (exact) mass is 398 g/mol. The molecule has 1 heterocycles. The lowest BCUT2D eigenvalue weighted by molar-refractivity contribution is 0.000483. The molecule has 0 N–H and O–H groups in total. The van der Waals surface area contributed by atoms with Crippen LogP contribution in [-0.4, -0.2) is 54.3 Å². The molecule has 0 spiro atoms. The summed E-state index contributed by atoms with van der Waals surface area (Å²) in [6, 6.07) is 6.21. The van der Waals surface area contributed by atoms with E-state index in [1.165, 1.54) is 0 Å². The molecule has 24 heavy (non-hydrogen) atoms. The van der Waals surface area contributed by atoms with Crippen LogP contribution in [0.2, 0.25) is 0 Å². The third-order valence-electron chi connectivity index (χ3n) is 3.98. The smallest absolute Gasteiger partial charge is 0.410 e. The van der Waals surface area contributed by atoms with E-state index in [0.717, 1.165) is 35.4 Å². The van der Waals surface area contributed by atoms with Gasteiger partial charge in [0, 0.05) is 42.3 Å². The fourth-order valence-corrected chi connectivity index (χ4v) is 3.20. The summed E-state index contributed by atoms with van der Waals surface area (Å²) in [4.78, 5) is 16.5. The molecule has 2 rings (SSSR count). The van der Waals surface area contributed by atoms with Crippen molar-refractivity contribution in [1.29, 1.82) is 0 Å². The van der Waals surface area contributed by atoms with E-state index >= 15 is 0 Å². The minimum Gasteiger partial charge on any atom is -0.496 e. The Hall–Kier alpha value is -1.27. The van der Waals surface area contributed by atoms with E-state index < -0.39 is 5.60 Å². The van der Waals surface area contributed by atoms with Gasteiger partial charge in [-0.2, -0.15) is 0 Å². The lowest BCUT2D eigenvalue weighted by Gasteiger charge is -2.40. The first-order chi connectivity index (χ1) is 11.2. The number of rotatable bonds is 3. The summed E-state index contributed by atoms with van der Waals surface area (Å²) in [7, 11) is 1.69. The molecular formula is C18H27BrN2O3. The van der Waals surface area contributed by atoms with Gasteiger partial charge in [0.05, 0.1) is 7.11 Å². The van der Waals surface area contributed by atoms with Crippen LogP contribution < -0.4 is 4.74 Å². The van der Waals surface area contributed by atoms with Crippen LogP contribution >= 0.6 is 15.9 Å². The first kappa shape index (κ1) is 19.1. The van der Waals surface area contributed by atoms with Crippen LogP contribution in [0.4, 0.5) is 4.79 Å². The standard InChI is InChI=1S/C18H27BrN2O3/c1-13-11-20(8-9-21(13)17(22)24-18(2,3)4)12-14-6-7-15(19)10-16(14)23-5/h6-7,10,13H,8-9,11-12H2,1-5H3/t13-/m1/s1. The molecule has 0 aromatic heterocycles. The van der Waals surface area contributed by atoms with Crippen molar-refractivity contribution < 1.29 is 14.3 Å². The molecule has 0 aliphatic carbocycles. The Balaban J connectivity index is 1.97. The molecule has 1 aliphatic rings. The molecule has 1 amide bonds. The molecule has 1 saturated heterocycles. The predicted octanol–water partition coefficient (Wildman–Crippen LogP) is 3.90. The van der Waals surface area contributed by atoms with Crippen LogP contribution in [0.3, 0.4) is 0 Å². The van der Waals surface area contributed by atoms with Gasteiger partial charge in [-0.3, -0.25) is 4.90 Å². The highest BCUT2D eigenvalue weighted by Crippen LogP contribution is 2.26. The van der Waals surface area contributed by atoms with Crippen LogP contribution in [0, 0.1) is 0 Å². The molecular weight excluding hydrogens is 372 g/mol. The molecule has 0 bridgehead atoms. The molecule has 134 valence electrons. The number of hydrogen-bond acceptors (Lipinski definition) is 4. The average molecular weight is 399 g/mol. The maximum absolute atomic E-state index is 12.3. The quantitative estimate of drug-likeness (QED) is 0.773. The van der Waals surface area contributed by atoms with Gasteiger partial charge < -0.3 is 14.4 Å². The fraction of sp³-hybridized carbons (Fsp3) is 0.611. The molecule has 1 aromatic carbocycles. The van der Waals surface area contributed by atoms with Crippen LogP contribution in [0.15, 0.2) is 22.7 Å². The third-order valence-corrected chi connectivity index (χ3v) is 4.48. The molecule has 0 radical (unpaired) electrons. The van der Waals surface area contributed by atoms with E-state index in [4.69, 9.17) is 9.47 Å². The summed E-state index contributed by atoms with van der Waals surface area (Å²) in [5.74, 6) is 0.881. The van der Waals surface area contributed by atoms with E-state index in [1.54, 1.807) is 7.11 Å². The van der Waals surface area contributed by atoms with E-state index in [0.29, 0.717) is 6.54 Å². The minimum atomic E-state index is -0.460. The Labute approximate surface area is 153 Å². The largest absolute Gasteiger partial charge is 0.496 e. The number of nitrogens with zero attached hydrogens (tertiary/aromatic N) is 2. The van der Waals surface area contributed by atoms with E-state index in [1.807, 2.05) is 37.8 Å². The molecule has 1 aromatic rings. The summed E-state index contributed by atoms with van der Waals surface area (Å²) in [6.07, 6.45) is -0.226. The zero-order valence-corrected chi connectivity index (χ0v) is 16.7. The molecule has 5 nitrogen and oxygen atoms in total. The number of halogens is 1. The van der Waals surface area contributed by atoms with Crippen molar-refractivity contribution in [3.63, 3.8) is 0 Å². The van der Waals surface area contributed by atoms with Gasteiger partial charge >= 0.3 is 6.09 Å². The second-order valence-corrected chi connectivity index (χ2v) is 8.13. The van der Waals surface area contributed by atoms with Crippen LogP contribution in [-0.2, 0) is 11.3 Å². The molecule has 0 unspecified atom stereocenters. The maximum Gasteiger partial charge on any atom is 0.410 e. The average Bonchev–Trinajstić information content (AvgIpc) is 2.47. The zero-order chi connectivity index (χ0) is 17.9. The molecule has 1 fully saturated rings. The van der Waals surface area contributed by atoms with Crippen LogP contribution in [0.1, 0.15) is 33.3 Å². The van der Waals surface area contributed by atoms with Crippen molar-refractivity contribution in [2.24, 2.45) is 0 Å². The van der Waals surface area contributed by atoms with Gasteiger partial charge in [0.15, 0.2) is 0 Å². The minimum absolute atomic E-state index is 0.120. The fourth-order valence-electron chi connectivity index (χ4n) is 2.86. The number of carbonyl (C=O) groups excluding carboxylic acids is 1. The summed E-state index contributed by atoms with van der Waals surface area (Å²) >= 11 is 3.47. The Morgan fingerprint density at radius 2 is 2.04 bits per heavy atom. The molecule has 1 atom stereocenters. The number of hydrogen-bond donors (Lipinski definition) is 0. The SMILES string of the molecule is COc1cc(Br)ccc1CN1CCN(C(=O)OC(C)(C)C)[C@H](C)C1. The molecule has 1 aliphatic heterocycles. The number of methoxy groups -OCH3 is 1. The summed E-state index contributed by atoms with van der Waals surface area (Å²) in [5, 5.41) is 0. The lowest BCUT2D eigenvalue weighted by atomic mass is 10.1. The number of amides is 1. The number of benzene rings is 1. The van der Waals surface area contributed by atoms with Gasteiger partial charge in [-0.05, 0) is 39.8 Å². The Kier molecular flexibility index (Phi) is 6.15. The van der Waals surface area contributed by atoms with Gasteiger partial charge in [-0.15, -0.1) is 0 Å². The number of piperazine rings is 1. The Morgan fingerprint density at radius 1 is 1.33 bits per heavy atom. The summed E-state index contributed by atoms with van der Waals surface area (Å²) < 4.78 is 12.0. The number of ether oxygens (including phenoxy) is 2. The number of carbonyl (C=O) groups is 1. The van der Waals surface area contributed by atoms with Crippen molar-refractivity contribution >= 4 is 22.0 Å². The highest BCUT2D eigenvalue weighted by Gasteiger charge is 2.30. The third kappa shape index (κ3) is 5.11. The van der Waals surface area contributed by atoms with Crippen molar-refractivity contribution in [2.75, 3.05) is 26.7 Å². The normalized spacial score (nSPS) is 19.2. The first-order valence-electron chi connectivity index (χ1n) is 8.24. The first-order valence-corrected chi connectivity index (χ1v) is 9.03. The van der Waals surface area contributed by atoms with E-state index in [-0.39, 0.29) is 12.1 Å².